The van der Waals surface area contributed by atoms with Crippen molar-refractivity contribution >= 4 is 17.3 Å². The zero-order chi connectivity index (χ0) is 12.4. The van der Waals surface area contributed by atoms with Gasteiger partial charge in [0.15, 0.2) is 0 Å². The van der Waals surface area contributed by atoms with Gasteiger partial charge in [0.05, 0.1) is 0 Å². The Labute approximate surface area is 98.7 Å². The monoisotopic (exact) mass is 232 g/mol. The second kappa shape index (κ2) is 4.37. The molecule has 4 nitrogen and oxygen atoms in total. The molecule has 0 radical (unpaired) electrons. The molecule has 0 saturated carbocycles. The van der Waals surface area contributed by atoms with Gasteiger partial charge in [-0.25, -0.2) is 14.4 Å². The van der Waals surface area contributed by atoms with Crippen LogP contribution in [0.15, 0.2) is 24.5 Å². The molecule has 0 amide bonds. The zero-order valence-electron chi connectivity index (χ0n) is 9.66. The van der Waals surface area contributed by atoms with Crippen molar-refractivity contribution in [2.24, 2.45) is 0 Å². The zero-order valence-corrected chi connectivity index (χ0v) is 9.66. The quantitative estimate of drug-likeness (QED) is 0.835. The lowest BCUT2D eigenvalue weighted by Crippen LogP contribution is -2.03. The molecule has 3 N–H and O–H groups in total. The van der Waals surface area contributed by atoms with Crippen LogP contribution in [-0.2, 0) is 0 Å². The summed E-state index contributed by atoms with van der Waals surface area (Å²) in [5.41, 5.74) is 8.03. The Hall–Kier alpha value is -2.17. The van der Waals surface area contributed by atoms with E-state index in [4.69, 9.17) is 5.73 Å². The van der Waals surface area contributed by atoms with E-state index in [2.05, 4.69) is 15.3 Å². The smallest absolute Gasteiger partial charge is 0.138 e. The molecule has 0 spiro atoms. The van der Waals surface area contributed by atoms with Gasteiger partial charge in [0.2, 0.25) is 0 Å². The van der Waals surface area contributed by atoms with E-state index in [0.717, 1.165) is 11.1 Å². The molecule has 0 aliphatic rings. The first-order valence-corrected chi connectivity index (χ1v) is 5.18. The average molecular weight is 232 g/mol. The molecule has 88 valence electrons. The van der Waals surface area contributed by atoms with Crippen LogP contribution in [0.3, 0.4) is 0 Å². The lowest BCUT2D eigenvalue weighted by atomic mass is 10.2. The van der Waals surface area contributed by atoms with E-state index in [9.17, 15) is 4.39 Å². The Kier molecular flexibility index (Phi) is 2.91. The van der Waals surface area contributed by atoms with E-state index in [0.29, 0.717) is 17.3 Å². The maximum absolute atomic E-state index is 13.1. The minimum absolute atomic E-state index is 0.294. The van der Waals surface area contributed by atoms with E-state index in [1.165, 1.54) is 18.5 Å². The van der Waals surface area contributed by atoms with Gasteiger partial charge in [0, 0.05) is 11.3 Å². The molecule has 0 aliphatic carbocycles. The van der Waals surface area contributed by atoms with Gasteiger partial charge in [-0.2, -0.15) is 0 Å². The molecule has 5 heteroatoms. The predicted molar refractivity (Wildman–Crippen MR) is 65.6 cm³/mol. The molecule has 17 heavy (non-hydrogen) atoms. The van der Waals surface area contributed by atoms with Crippen molar-refractivity contribution in [3.05, 3.63) is 41.5 Å². The number of rotatable bonds is 2. The summed E-state index contributed by atoms with van der Waals surface area (Å²) in [4.78, 5) is 7.95. The van der Waals surface area contributed by atoms with E-state index in [1.807, 2.05) is 13.8 Å². The number of nitrogens with two attached hydrogens (primary N) is 1. The molecule has 0 saturated heterocycles. The van der Waals surface area contributed by atoms with Crippen LogP contribution in [0.1, 0.15) is 11.1 Å². The van der Waals surface area contributed by atoms with Gasteiger partial charge in [0.1, 0.15) is 23.8 Å². The molecule has 0 unspecified atom stereocenters. The van der Waals surface area contributed by atoms with Gasteiger partial charge in [-0.3, -0.25) is 0 Å². The second-order valence-corrected chi connectivity index (χ2v) is 3.82. The van der Waals surface area contributed by atoms with Crippen LogP contribution in [0, 0.1) is 19.7 Å². The van der Waals surface area contributed by atoms with Crippen LogP contribution in [0.2, 0.25) is 0 Å². The second-order valence-electron chi connectivity index (χ2n) is 3.82. The Bertz CT molecular complexity index is 554. The third-order valence-corrected chi connectivity index (χ3v) is 2.58. The molecule has 2 aromatic rings. The van der Waals surface area contributed by atoms with E-state index in [1.54, 1.807) is 6.07 Å². The first-order chi connectivity index (χ1) is 8.08. The first-order valence-electron chi connectivity index (χ1n) is 5.18. The van der Waals surface area contributed by atoms with Gasteiger partial charge >= 0.3 is 0 Å². The Balaban J connectivity index is 2.38. The number of benzene rings is 1. The van der Waals surface area contributed by atoms with Crippen molar-refractivity contribution in [2.75, 3.05) is 11.1 Å². The fourth-order valence-electron chi connectivity index (χ4n) is 1.45. The highest BCUT2D eigenvalue weighted by atomic mass is 19.1. The number of halogens is 1. The minimum atomic E-state index is -0.294. The van der Waals surface area contributed by atoms with E-state index < -0.39 is 0 Å². The molecular formula is C12H13FN4. The number of anilines is 3. The van der Waals surface area contributed by atoms with Crippen molar-refractivity contribution in [3.63, 3.8) is 0 Å². The number of nitrogens with one attached hydrogen (secondary N) is 1. The number of nitrogen functional groups attached to an aromatic ring is 1. The Morgan fingerprint density at radius 2 is 2.00 bits per heavy atom. The van der Waals surface area contributed by atoms with Crippen molar-refractivity contribution in [1.82, 2.24) is 9.97 Å². The van der Waals surface area contributed by atoms with Crippen LogP contribution < -0.4 is 11.1 Å². The summed E-state index contributed by atoms with van der Waals surface area (Å²) in [5.74, 6) is 0.709. The van der Waals surface area contributed by atoms with Gasteiger partial charge in [-0.05, 0) is 31.5 Å². The van der Waals surface area contributed by atoms with Crippen molar-refractivity contribution in [1.29, 1.82) is 0 Å². The fraction of sp³-hybridized carbons (Fsp3) is 0.167. The van der Waals surface area contributed by atoms with Crippen LogP contribution >= 0.6 is 0 Å². The summed E-state index contributed by atoms with van der Waals surface area (Å²) in [6, 6.07) is 4.55. The molecule has 0 atom stereocenters. The average Bonchev–Trinajstić information content (AvgIpc) is 2.30. The van der Waals surface area contributed by atoms with Crippen LogP contribution in [0.5, 0.6) is 0 Å². The summed E-state index contributed by atoms with van der Waals surface area (Å²) < 4.78 is 13.1. The maximum Gasteiger partial charge on any atom is 0.138 e. The van der Waals surface area contributed by atoms with Crippen LogP contribution in [0.4, 0.5) is 21.7 Å². The highest BCUT2D eigenvalue weighted by Crippen LogP contribution is 2.23. The molecule has 1 aromatic heterocycles. The SMILES string of the molecule is Cc1ccc(F)cc1Nc1ncnc(N)c1C. The predicted octanol–water partition coefficient (Wildman–Crippen LogP) is 2.56. The van der Waals surface area contributed by atoms with Crippen LogP contribution in [-0.4, -0.2) is 9.97 Å². The molecule has 0 aliphatic heterocycles. The third-order valence-electron chi connectivity index (χ3n) is 2.58. The van der Waals surface area contributed by atoms with E-state index >= 15 is 0 Å². The third kappa shape index (κ3) is 2.33. The molecular weight excluding hydrogens is 219 g/mol. The van der Waals surface area contributed by atoms with Crippen molar-refractivity contribution < 1.29 is 4.39 Å². The highest BCUT2D eigenvalue weighted by Gasteiger charge is 2.06. The highest BCUT2D eigenvalue weighted by molar-refractivity contribution is 5.65. The Morgan fingerprint density at radius 1 is 1.24 bits per heavy atom. The molecule has 1 aromatic carbocycles. The number of aryl methyl sites for hydroxylation is 1. The fourth-order valence-corrected chi connectivity index (χ4v) is 1.45. The van der Waals surface area contributed by atoms with Crippen molar-refractivity contribution in [2.45, 2.75) is 13.8 Å². The molecule has 1 heterocycles. The molecule has 0 fully saturated rings. The lowest BCUT2D eigenvalue weighted by molar-refractivity contribution is 0.628. The normalized spacial score (nSPS) is 10.3. The first kappa shape index (κ1) is 11.3. The topological polar surface area (TPSA) is 63.8 Å². The summed E-state index contributed by atoms with van der Waals surface area (Å²) in [5, 5.41) is 3.05. The molecule has 0 bridgehead atoms. The van der Waals surface area contributed by atoms with Crippen LogP contribution in [0.25, 0.3) is 0 Å². The van der Waals surface area contributed by atoms with E-state index in [-0.39, 0.29) is 5.82 Å². The number of hydrogen-bond donors (Lipinski definition) is 2. The largest absolute Gasteiger partial charge is 0.383 e. The van der Waals surface area contributed by atoms with Gasteiger partial charge in [-0.1, -0.05) is 6.07 Å². The van der Waals surface area contributed by atoms with Gasteiger partial charge in [-0.15, -0.1) is 0 Å². The summed E-state index contributed by atoms with van der Waals surface area (Å²) >= 11 is 0. The Morgan fingerprint density at radius 3 is 2.76 bits per heavy atom. The number of aromatic nitrogens is 2. The van der Waals surface area contributed by atoms with Crippen molar-refractivity contribution in [3.8, 4) is 0 Å². The summed E-state index contributed by atoms with van der Waals surface area (Å²) in [6.07, 6.45) is 1.37. The van der Waals surface area contributed by atoms with Gasteiger partial charge < -0.3 is 11.1 Å². The standard InChI is InChI=1S/C12H13FN4/c1-7-3-4-9(13)5-10(7)17-12-8(2)11(14)15-6-16-12/h3-6H,1-2H3,(H3,14,15,16,17). The summed E-state index contributed by atoms with van der Waals surface area (Å²) in [6.45, 7) is 3.70. The number of nitrogens with zero attached hydrogens (tertiary/aromatic N) is 2. The maximum atomic E-state index is 13.1. The lowest BCUT2D eigenvalue weighted by Gasteiger charge is -2.11. The number of hydrogen-bond acceptors (Lipinski definition) is 4. The minimum Gasteiger partial charge on any atom is -0.383 e. The molecule has 2 rings (SSSR count). The van der Waals surface area contributed by atoms with Gasteiger partial charge in [0.25, 0.3) is 0 Å². The summed E-state index contributed by atoms with van der Waals surface area (Å²) in [7, 11) is 0.